The second kappa shape index (κ2) is 8.97. The first-order chi connectivity index (χ1) is 15.3. The van der Waals surface area contributed by atoms with Gasteiger partial charge >= 0.3 is 12.1 Å². The number of rotatable bonds is 4. The highest BCUT2D eigenvalue weighted by Gasteiger charge is 2.35. The van der Waals surface area contributed by atoms with Crippen molar-refractivity contribution in [2.24, 2.45) is 0 Å². The highest BCUT2D eigenvalue weighted by molar-refractivity contribution is 5.90. The van der Waals surface area contributed by atoms with Crippen LogP contribution >= 0.6 is 0 Å². The van der Waals surface area contributed by atoms with Crippen LogP contribution < -0.4 is 20.7 Å². The molecule has 3 rings (SSSR count). The second-order valence-corrected chi connectivity index (χ2v) is 9.40. The summed E-state index contributed by atoms with van der Waals surface area (Å²) in [7, 11) is 0. The van der Waals surface area contributed by atoms with Crippen molar-refractivity contribution >= 4 is 29.2 Å². The fraction of sp³-hybridized carbons (Fsp3) is 0.391. The van der Waals surface area contributed by atoms with Crippen molar-refractivity contribution in [2.75, 3.05) is 10.6 Å². The molecule has 0 saturated carbocycles. The molecule has 33 heavy (non-hydrogen) atoms. The topological polar surface area (TPSA) is 132 Å². The number of amides is 3. The largest absolute Gasteiger partial charge is 0.487 e. The summed E-state index contributed by atoms with van der Waals surface area (Å²) < 4.78 is 11.3. The van der Waals surface area contributed by atoms with E-state index in [0.29, 0.717) is 29.1 Å². The predicted molar refractivity (Wildman–Crippen MR) is 124 cm³/mol. The molecule has 10 nitrogen and oxygen atoms in total. The molecule has 0 unspecified atom stereocenters. The SMILES string of the molecule is CC(C)(C)OC(=O)Nc1ccc2c(c1)[C@H](NC(=O)Nc1ccc([N+](=O)[O-])cc1)CC(C)(C)O2. The van der Waals surface area contributed by atoms with Crippen molar-refractivity contribution < 1.29 is 24.0 Å². The number of nitro groups is 1. The van der Waals surface area contributed by atoms with Gasteiger partial charge in [-0.15, -0.1) is 0 Å². The summed E-state index contributed by atoms with van der Waals surface area (Å²) >= 11 is 0. The number of nitrogens with zero attached hydrogens (tertiary/aromatic N) is 1. The van der Waals surface area contributed by atoms with Crippen LogP contribution in [-0.2, 0) is 4.74 Å². The van der Waals surface area contributed by atoms with Crippen LogP contribution in [0.25, 0.3) is 0 Å². The first-order valence-electron chi connectivity index (χ1n) is 10.5. The third-order valence-corrected chi connectivity index (χ3v) is 4.75. The summed E-state index contributed by atoms with van der Waals surface area (Å²) in [6, 6.07) is 9.87. The molecule has 0 aliphatic carbocycles. The van der Waals surface area contributed by atoms with E-state index >= 15 is 0 Å². The third-order valence-electron chi connectivity index (χ3n) is 4.75. The zero-order valence-electron chi connectivity index (χ0n) is 19.2. The minimum absolute atomic E-state index is 0.0638. The Balaban J connectivity index is 1.76. The maximum Gasteiger partial charge on any atom is 0.412 e. The first kappa shape index (κ1) is 23.8. The molecule has 0 radical (unpaired) electrons. The molecule has 0 aromatic heterocycles. The molecular formula is C23H28N4O6. The summed E-state index contributed by atoms with van der Waals surface area (Å²) in [4.78, 5) is 35.1. The van der Waals surface area contributed by atoms with Gasteiger partial charge in [-0.1, -0.05) is 0 Å². The highest BCUT2D eigenvalue weighted by Crippen LogP contribution is 2.40. The molecule has 1 aliphatic rings. The number of non-ortho nitro benzene ring substituents is 1. The summed E-state index contributed by atoms with van der Waals surface area (Å²) in [6.45, 7) is 9.17. The van der Waals surface area contributed by atoms with Gasteiger partial charge < -0.3 is 20.1 Å². The molecule has 3 amide bonds. The average Bonchev–Trinajstić information content (AvgIpc) is 2.66. The number of carbonyl (C=O) groups is 2. The van der Waals surface area contributed by atoms with Crippen LogP contribution in [0.1, 0.15) is 52.6 Å². The van der Waals surface area contributed by atoms with Gasteiger partial charge in [-0.05, 0) is 65.0 Å². The zero-order chi connectivity index (χ0) is 24.4. The molecule has 10 heteroatoms. The molecule has 0 bridgehead atoms. The van der Waals surface area contributed by atoms with Crippen LogP contribution in [0.3, 0.4) is 0 Å². The van der Waals surface area contributed by atoms with E-state index in [1.165, 1.54) is 24.3 Å². The number of hydrogen-bond acceptors (Lipinski definition) is 6. The van der Waals surface area contributed by atoms with Crippen LogP contribution in [0.4, 0.5) is 26.7 Å². The zero-order valence-corrected chi connectivity index (χ0v) is 19.2. The Morgan fingerprint density at radius 2 is 1.73 bits per heavy atom. The molecular weight excluding hydrogens is 428 g/mol. The Morgan fingerprint density at radius 1 is 1.09 bits per heavy atom. The summed E-state index contributed by atoms with van der Waals surface area (Å²) in [5.74, 6) is 0.599. The molecule has 1 heterocycles. The van der Waals surface area contributed by atoms with E-state index in [2.05, 4.69) is 16.0 Å². The minimum Gasteiger partial charge on any atom is -0.487 e. The lowest BCUT2D eigenvalue weighted by Gasteiger charge is -2.38. The highest BCUT2D eigenvalue weighted by atomic mass is 16.6. The average molecular weight is 456 g/mol. The number of anilines is 2. The van der Waals surface area contributed by atoms with Gasteiger partial charge in [0.1, 0.15) is 17.0 Å². The lowest BCUT2D eigenvalue weighted by molar-refractivity contribution is -0.384. The smallest absolute Gasteiger partial charge is 0.412 e. The monoisotopic (exact) mass is 456 g/mol. The molecule has 2 aromatic rings. The van der Waals surface area contributed by atoms with E-state index in [-0.39, 0.29) is 5.69 Å². The Labute approximate surface area is 191 Å². The predicted octanol–water partition coefficient (Wildman–Crippen LogP) is 5.37. The molecule has 176 valence electrons. The molecule has 1 aliphatic heterocycles. The molecule has 0 spiro atoms. The van der Waals surface area contributed by atoms with Crippen molar-refractivity contribution in [3.05, 3.63) is 58.1 Å². The van der Waals surface area contributed by atoms with Gasteiger partial charge in [-0.3, -0.25) is 15.4 Å². The van der Waals surface area contributed by atoms with E-state index < -0.39 is 34.3 Å². The van der Waals surface area contributed by atoms with Crippen LogP contribution in [-0.4, -0.2) is 28.2 Å². The van der Waals surface area contributed by atoms with Crippen LogP contribution in [0.15, 0.2) is 42.5 Å². The normalized spacial score (nSPS) is 16.6. The standard InChI is InChI=1S/C23H28N4O6/c1-22(2,3)33-21(29)25-15-8-11-19-17(12-15)18(13-23(4,5)32-19)26-20(28)24-14-6-9-16(10-7-14)27(30)31/h6-12,18H,13H2,1-5H3,(H,25,29)(H2,24,26,28)/t18-/m1/s1. The Morgan fingerprint density at radius 3 is 2.33 bits per heavy atom. The third kappa shape index (κ3) is 6.58. The van der Waals surface area contributed by atoms with Crippen LogP contribution in [0, 0.1) is 10.1 Å². The maximum atomic E-state index is 12.7. The van der Waals surface area contributed by atoms with Gasteiger partial charge in [0.05, 0.1) is 11.0 Å². The number of urea groups is 1. The van der Waals surface area contributed by atoms with E-state index in [1.54, 1.807) is 39.0 Å². The van der Waals surface area contributed by atoms with E-state index in [1.807, 2.05) is 13.8 Å². The molecule has 0 fully saturated rings. The van der Waals surface area contributed by atoms with Crippen molar-refractivity contribution in [1.29, 1.82) is 0 Å². The lowest BCUT2D eigenvalue weighted by atomic mass is 9.89. The fourth-order valence-corrected chi connectivity index (χ4v) is 3.47. The minimum atomic E-state index is -0.633. The lowest BCUT2D eigenvalue weighted by Crippen LogP contribution is -2.42. The van der Waals surface area contributed by atoms with Gasteiger partial charge in [-0.25, -0.2) is 9.59 Å². The summed E-state index contributed by atoms with van der Waals surface area (Å²) in [5.41, 5.74) is 0.413. The first-order valence-corrected chi connectivity index (χ1v) is 10.5. The Hall–Kier alpha value is -3.82. The van der Waals surface area contributed by atoms with E-state index in [4.69, 9.17) is 9.47 Å². The van der Waals surface area contributed by atoms with Crippen LogP contribution in [0.2, 0.25) is 0 Å². The maximum absolute atomic E-state index is 12.7. The number of fused-ring (bicyclic) bond motifs is 1. The van der Waals surface area contributed by atoms with Gasteiger partial charge in [0, 0.05) is 35.5 Å². The quantitative estimate of drug-likeness (QED) is 0.419. The number of nitro benzene ring substituents is 1. The van der Waals surface area contributed by atoms with Gasteiger partial charge in [0.15, 0.2) is 0 Å². The number of carbonyl (C=O) groups excluding carboxylic acids is 2. The Bertz CT molecular complexity index is 1060. The van der Waals surface area contributed by atoms with Gasteiger partial charge in [0.2, 0.25) is 0 Å². The van der Waals surface area contributed by atoms with Crippen molar-refractivity contribution in [3.8, 4) is 5.75 Å². The van der Waals surface area contributed by atoms with E-state index in [9.17, 15) is 19.7 Å². The summed E-state index contributed by atoms with van der Waals surface area (Å²) in [5, 5.41) is 19.1. The van der Waals surface area contributed by atoms with Crippen molar-refractivity contribution in [2.45, 2.75) is 58.3 Å². The second-order valence-electron chi connectivity index (χ2n) is 9.40. The van der Waals surface area contributed by atoms with Crippen molar-refractivity contribution in [1.82, 2.24) is 5.32 Å². The van der Waals surface area contributed by atoms with Crippen molar-refractivity contribution in [3.63, 3.8) is 0 Å². The molecule has 2 aromatic carbocycles. The van der Waals surface area contributed by atoms with Gasteiger partial charge in [0.25, 0.3) is 5.69 Å². The Kier molecular flexibility index (Phi) is 6.48. The van der Waals surface area contributed by atoms with E-state index in [0.717, 1.165) is 0 Å². The number of benzene rings is 2. The number of nitrogens with one attached hydrogen (secondary N) is 3. The number of ether oxygens (including phenoxy) is 2. The van der Waals surface area contributed by atoms with Crippen LogP contribution in [0.5, 0.6) is 5.75 Å². The fourth-order valence-electron chi connectivity index (χ4n) is 3.47. The summed E-state index contributed by atoms with van der Waals surface area (Å²) in [6.07, 6.45) is -0.0937. The molecule has 1 atom stereocenters. The molecule has 3 N–H and O–H groups in total. The number of hydrogen-bond donors (Lipinski definition) is 3. The van der Waals surface area contributed by atoms with Gasteiger partial charge in [-0.2, -0.15) is 0 Å². The molecule has 0 saturated heterocycles.